The van der Waals surface area contributed by atoms with Crippen LogP contribution in [-0.4, -0.2) is 18.1 Å². The third-order valence-corrected chi connectivity index (χ3v) is 5.08. The number of sulfonamides is 1. The van der Waals surface area contributed by atoms with Gasteiger partial charge in [0.15, 0.2) is 0 Å². The highest BCUT2D eigenvalue weighted by atomic mass is 79.9. The first kappa shape index (κ1) is 12.6. The summed E-state index contributed by atoms with van der Waals surface area (Å²) in [6.07, 6.45) is 1.59. The number of hydrogen-bond acceptors (Lipinski definition) is 3. The van der Waals surface area contributed by atoms with Gasteiger partial charge in [0, 0.05) is 11.6 Å². The first-order valence-corrected chi connectivity index (χ1v) is 7.78. The summed E-state index contributed by atoms with van der Waals surface area (Å²) in [5.74, 6) is 0. The first-order chi connectivity index (χ1) is 8.03. The van der Waals surface area contributed by atoms with Gasteiger partial charge in [0.1, 0.15) is 4.66 Å². The van der Waals surface area contributed by atoms with Crippen molar-refractivity contribution in [3.8, 4) is 0 Å². The number of hydrogen-bond donors (Lipinski definition) is 1. The molecule has 4 nitrogen and oxygen atoms in total. The van der Waals surface area contributed by atoms with Crippen LogP contribution < -0.4 is 4.72 Å². The molecule has 1 aromatic carbocycles. The number of anilines is 1. The lowest BCUT2D eigenvalue weighted by molar-refractivity contribution is 0.606. The van der Waals surface area contributed by atoms with E-state index in [1.807, 2.05) is 0 Å². The maximum absolute atomic E-state index is 11.5. The minimum Gasteiger partial charge on any atom is -0.281 e. The minimum absolute atomic E-state index is 0.170. The van der Waals surface area contributed by atoms with Gasteiger partial charge < -0.3 is 0 Å². The SMILES string of the molecule is O=S(=O)(CBr)Nc1ccc(Cl)c2cccnc12. The van der Waals surface area contributed by atoms with Gasteiger partial charge >= 0.3 is 0 Å². The van der Waals surface area contributed by atoms with Crippen LogP contribution in [0.3, 0.4) is 0 Å². The highest BCUT2D eigenvalue weighted by Crippen LogP contribution is 2.28. The fourth-order valence-corrected chi connectivity index (χ4v) is 2.53. The van der Waals surface area contributed by atoms with Crippen molar-refractivity contribution in [2.75, 3.05) is 9.38 Å². The molecular formula is C10H8BrClN2O2S. The molecule has 90 valence electrons. The van der Waals surface area contributed by atoms with Gasteiger partial charge in [-0.25, -0.2) is 8.42 Å². The van der Waals surface area contributed by atoms with E-state index in [0.29, 0.717) is 21.6 Å². The van der Waals surface area contributed by atoms with Crippen LogP contribution in [0, 0.1) is 0 Å². The molecule has 0 saturated heterocycles. The number of benzene rings is 1. The molecule has 0 amide bonds. The lowest BCUT2D eigenvalue weighted by Gasteiger charge is -2.08. The quantitative estimate of drug-likeness (QED) is 0.877. The predicted octanol–water partition coefficient (Wildman–Crippen LogP) is 2.98. The summed E-state index contributed by atoms with van der Waals surface area (Å²) in [5.41, 5.74) is 0.953. The monoisotopic (exact) mass is 334 g/mol. The largest absolute Gasteiger partial charge is 0.281 e. The molecule has 2 aromatic rings. The van der Waals surface area contributed by atoms with Crippen LogP contribution in [0.25, 0.3) is 10.9 Å². The summed E-state index contributed by atoms with van der Waals surface area (Å²) in [5, 5.41) is 1.25. The molecule has 17 heavy (non-hydrogen) atoms. The van der Waals surface area contributed by atoms with E-state index in [1.54, 1.807) is 30.5 Å². The summed E-state index contributed by atoms with van der Waals surface area (Å²) in [6, 6.07) is 6.77. The van der Waals surface area contributed by atoms with Crippen LogP contribution in [-0.2, 0) is 10.0 Å². The fourth-order valence-electron chi connectivity index (χ4n) is 1.42. The Balaban J connectivity index is 2.60. The molecule has 0 atom stereocenters. The Kier molecular flexibility index (Phi) is 3.56. The van der Waals surface area contributed by atoms with Crippen LogP contribution in [0.1, 0.15) is 0 Å². The second-order valence-electron chi connectivity index (χ2n) is 3.32. The van der Waals surface area contributed by atoms with Crippen molar-refractivity contribution >= 4 is 54.1 Å². The van der Waals surface area contributed by atoms with Gasteiger partial charge in [-0.1, -0.05) is 27.5 Å². The molecule has 0 aliphatic carbocycles. The maximum atomic E-state index is 11.5. The van der Waals surface area contributed by atoms with E-state index in [2.05, 4.69) is 25.6 Å². The number of aromatic nitrogens is 1. The number of nitrogens with one attached hydrogen (secondary N) is 1. The standard InChI is InChI=1S/C10H8BrClN2O2S/c11-6-17(15,16)14-9-4-3-8(12)7-2-1-5-13-10(7)9/h1-5,14H,6H2. The average molecular weight is 336 g/mol. The Hall–Kier alpha value is -0.850. The predicted molar refractivity (Wildman–Crippen MR) is 73.1 cm³/mol. The molecule has 1 heterocycles. The number of halogens is 2. The molecule has 0 saturated carbocycles. The van der Waals surface area contributed by atoms with Crippen LogP contribution in [0.5, 0.6) is 0 Å². The molecule has 7 heteroatoms. The Bertz CT molecular complexity index is 660. The van der Waals surface area contributed by atoms with E-state index < -0.39 is 10.0 Å². The molecule has 0 aliphatic heterocycles. The molecular weight excluding hydrogens is 328 g/mol. The van der Waals surface area contributed by atoms with Gasteiger partial charge in [-0.3, -0.25) is 9.71 Å². The summed E-state index contributed by atoms with van der Waals surface area (Å²) in [6.45, 7) is 0. The van der Waals surface area contributed by atoms with Crippen molar-refractivity contribution in [1.29, 1.82) is 0 Å². The van der Waals surface area contributed by atoms with Gasteiger partial charge in [0.05, 0.1) is 16.2 Å². The van der Waals surface area contributed by atoms with Crippen molar-refractivity contribution in [2.24, 2.45) is 0 Å². The summed E-state index contributed by atoms with van der Waals surface area (Å²) in [7, 11) is -3.39. The summed E-state index contributed by atoms with van der Waals surface area (Å²) < 4.78 is 25.2. The molecule has 1 N–H and O–H groups in total. The van der Waals surface area contributed by atoms with Crippen molar-refractivity contribution in [3.63, 3.8) is 0 Å². The average Bonchev–Trinajstić information content (AvgIpc) is 2.33. The van der Waals surface area contributed by atoms with Crippen LogP contribution in [0.4, 0.5) is 5.69 Å². The molecule has 0 unspecified atom stereocenters. The van der Waals surface area contributed by atoms with E-state index in [1.165, 1.54) is 0 Å². The Morgan fingerprint density at radius 2 is 2.12 bits per heavy atom. The third-order valence-electron chi connectivity index (χ3n) is 2.13. The zero-order chi connectivity index (χ0) is 12.5. The van der Waals surface area contributed by atoms with Gasteiger partial charge in [0.25, 0.3) is 0 Å². The van der Waals surface area contributed by atoms with E-state index in [0.717, 1.165) is 0 Å². The van der Waals surface area contributed by atoms with Crippen molar-refractivity contribution in [3.05, 3.63) is 35.5 Å². The second-order valence-corrected chi connectivity index (χ2v) is 6.75. The van der Waals surface area contributed by atoms with Crippen LogP contribution >= 0.6 is 27.5 Å². The second kappa shape index (κ2) is 4.80. The van der Waals surface area contributed by atoms with Gasteiger partial charge in [-0.2, -0.15) is 0 Å². The van der Waals surface area contributed by atoms with E-state index in [9.17, 15) is 8.42 Å². The maximum Gasteiger partial charge on any atom is 0.242 e. The first-order valence-electron chi connectivity index (χ1n) is 4.63. The minimum atomic E-state index is -3.39. The van der Waals surface area contributed by atoms with Gasteiger partial charge in [-0.05, 0) is 24.3 Å². The molecule has 0 radical (unpaired) electrons. The molecule has 0 spiro atoms. The summed E-state index contributed by atoms with van der Waals surface area (Å²) >= 11 is 8.92. The smallest absolute Gasteiger partial charge is 0.242 e. The molecule has 0 aliphatic rings. The van der Waals surface area contributed by atoms with E-state index in [4.69, 9.17) is 11.6 Å². The Morgan fingerprint density at radius 3 is 2.82 bits per heavy atom. The lowest BCUT2D eigenvalue weighted by Crippen LogP contribution is -2.13. The molecule has 1 aromatic heterocycles. The van der Waals surface area contributed by atoms with Crippen molar-refractivity contribution < 1.29 is 8.42 Å². The van der Waals surface area contributed by atoms with Crippen molar-refractivity contribution in [1.82, 2.24) is 4.98 Å². The van der Waals surface area contributed by atoms with E-state index >= 15 is 0 Å². The number of fused-ring (bicyclic) bond motifs is 1. The number of alkyl halides is 1. The van der Waals surface area contributed by atoms with Crippen LogP contribution in [0.2, 0.25) is 5.02 Å². The van der Waals surface area contributed by atoms with Gasteiger partial charge in [0.2, 0.25) is 10.0 Å². The highest BCUT2D eigenvalue weighted by Gasteiger charge is 2.12. The highest BCUT2D eigenvalue weighted by molar-refractivity contribution is 9.10. The topological polar surface area (TPSA) is 59.1 Å². The Labute approximate surface area is 112 Å². The normalized spacial score (nSPS) is 11.6. The Morgan fingerprint density at radius 1 is 1.35 bits per heavy atom. The summed E-state index contributed by atoms with van der Waals surface area (Å²) in [4.78, 5) is 4.13. The lowest BCUT2D eigenvalue weighted by atomic mass is 10.2. The zero-order valence-electron chi connectivity index (χ0n) is 8.52. The van der Waals surface area contributed by atoms with Crippen molar-refractivity contribution in [2.45, 2.75) is 0 Å². The van der Waals surface area contributed by atoms with Gasteiger partial charge in [-0.15, -0.1) is 0 Å². The number of rotatable bonds is 3. The van der Waals surface area contributed by atoms with Crippen LogP contribution in [0.15, 0.2) is 30.5 Å². The molecule has 2 rings (SSSR count). The number of pyridine rings is 1. The fraction of sp³-hybridized carbons (Fsp3) is 0.100. The number of nitrogens with zero attached hydrogens (tertiary/aromatic N) is 1. The third kappa shape index (κ3) is 2.70. The zero-order valence-corrected chi connectivity index (χ0v) is 11.7. The van der Waals surface area contributed by atoms with E-state index in [-0.39, 0.29) is 4.66 Å². The molecule has 0 fully saturated rings. The molecule has 0 bridgehead atoms.